The minimum Gasteiger partial charge on any atom is -0.497 e. The van der Waals surface area contributed by atoms with Crippen molar-refractivity contribution in [3.8, 4) is 5.75 Å². The maximum absolute atomic E-state index is 11.8. The summed E-state index contributed by atoms with van der Waals surface area (Å²) in [5, 5.41) is 0. The number of likely N-dealkylation sites (tertiary alicyclic amines) is 1. The highest BCUT2D eigenvalue weighted by atomic mass is 16.5. The fourth-order valence-corrected chi connectivity index (χ4v) is 2.27. The van der Waals surface area contributed by atoms with E-state index in [4.69, 9.17) is 9.47 Å². The van der Waals surface area contributed by atoms with Crippen molar-refractivity contribution in [1.82, 2.24) is 4.90 Å². The Morgan fingerprint density at radius 1 is 1.21 bits per heavy atom. The summed E-state index contributed by atoms with van der Waals surface area (Å²) in [7, 11) is 1.60. The fourth-order valence-electron chi connectivity index (χ4n) is 2.27. The van der Waals surface area contributed by atoms with Gasteiger partial charge in [0, 0.05) is 6.54 Å². The highest BCUT2D eigenvalue weighted by Crippen LogP contribution is 2.12. The molecule has 0 saturated carbocycles. The molecule has 1 aromatic carbocycles. The minimum atomic E-state index is -0.260. The highest BCUT2D eigenvalue weighted by molar-refractivity contribution is 5.89. The number of carbonyl (C=O) groups is 1. The average Bonchev–Trinajstić information content (AvgIpc) is 2.96. The van der Waals surface area contributed by atoms with Gasteiger partial charge in [-0.05, 0) is 56.6 Å². The predicted octanol–water partition coefficient (Wildman–Crippen LogP) is 2.34. The molecule has 0 spiro atoms. The van der Waals surface area contributed by atoms with Gasteiger partial charge in [-0.3, -0.25) is 0 Å². The van der Waals surface area contributed by atoms with E-state index in [1.807, 2.05) is 0 Å². The first kappa shape index (κ1) is 13.9. The van der Waals surface area contributed by atoms with Crippen LogP contribution in [-0.2, 0) is 4.74 Å². The van der Waals surface area contributed by atoms with Gasteiger partial charge in [0.25, 0.3) is 0 Å². The maximum atomic E-state index is 11.8. The molecule has 104 valence electrons. The Labute approximate surface area is 114 Å². The standard InChI is InChI=1S/C15H21NO3/c1-18-14-7-5-13(6-8-14)15(17)19-12-4-11-16-9-2-3-10-16/h5-8H,2-4,9-12H2,1H3. The van der Waals surface area contributed by atoms with Crippen molar-refractivity contribution in [3.05, 3.63) is 29.8 Å². The summed E-state index contributed by atoms with van der Waals surface area (Å²) in [5.41, 5.74) is 0.571. The molecule has 2 rings (SSSR count). The smallest absolute Gasteiger partial charge is 0.338 e. The van der Waals surface area contributed by atoms with Crippen molar-refractivity contribution in [3.63, 3.8) is 0 Å². The summed E-state index contributed by atoms with van der Waals surface area (Å²) >= 11 is 0. The van der Waals surface area contributed by atoms with Crippen molar-refractivity contribution >= 4 is 5.97 Å². The van der Waals surface area contributed by atoms with Crippen molar-refractivity contribution in [1.29, 1.82) is 0 Å². The molecule has 0 N–H and O–H groups in total. The Kier molecular flexibility index (Phi) is 5.21. The Bertz CT molecular complexity index is 396. The Hall–Kier alpha value is -1.55. The van der Waals surface area contributed by atoms with Crippen molar-refractivity contribution in [2.75, 3.05) is 33.4 Å². The maximum Gasteiger partial charge on any atom is 0.338 e. The number of hydrogen-bond donors (Lipinski definition) is 0. The van der Waals surface area contributed by atoms with Crippen molar-refractivity contribution < 1.29 is 14.3 Å². The van der Waals surface area contributed by atoms with E-state index < -0.39 is 0 Å². The van der Waals surface area contributed by atoms with Crippen LogP contribution >= 0.6 is 0 Å². The van der Waals surface area contributed by atoms with Gasteiger partial charge < -0.3 is 14.4 Å². The molecule has 1 heterocycles. The van der Waals surface area contributed by atoms with Crippen molar-refractivity contribution in [2.24, 2.45) is 0 Å². The number of nitrogens with zero attached hydrogens (tertiary/aromatic N) is 1. The molecule has 1 aromatic rings. The third-order valence-electron chi connectivity index (χ3n) is 3.38. The van der Waals surface area contributed by atoms with E-state index >= 15 is 0 Å². The normalized spacial score (nSPS) is 15.4. The van der Waals surface area contributed by atoms with Gasteiger partial charge in [0.2, 0.25) is 0 Å². The Balaban J connectivity index is 1.68. The molecule has 1 aliphatic heterocycles. The second kappa shape index (κ2) is 7.14. The lowest BCUT2D eigenvalue weighted by atomic mass is 10.2. The van der Waals surface area contributed by atoms with Gasteiger partial charge in [-0.25, -0.2) is 4.79 Å². The lowest BCUT2D eigenvalue weighted by molar-refractivity contribution is 0.0491. The molecule has 0 amide bonds. The fraction of sp³-hybridized carbons (Fsp3) is 0.533. The van der Waals surface area contributed by atoms with Crippen molar-refractivity contribution in [2.45, 2.75) is 19.3 Å². The van der Waals surface area contributed by atoms with Crippen LogP contribution in [0, 0.1) is 0 Å². The number of hydrogen-bond acceptors (Lipinski definition) is 4. The summed E-state index contributed by atoms with van der Waals surface area (Å²) in [5.74, 6) is 0.481. The van der Waals surface area contributed by atoms with Gasteiger partial charge in [0.05, 0.1) is 19.3 Å². The molecule has 0 unspecified atom stereocenters. The molecular formula is C15H21NO3. The number of rotatable bonds is 6. The third-order valence-corrected chi connectivity index (χ3v) is 3.38. The van der Waals surface area contributed by atoms with E-state index in [9.17, 15) is 4.79 Å². The van der Waals surface area contributed by atoms with Crippen LogP contribution in [-0.4, -0.2) is 44.2 Å². The topological polar surface area (TPSA) is 38.8 Å². The van der Waals surface area contributed by atoms with E-state index in [0.717, 1.165) is 18.7 Å². The zero-order valence-electron chi connectivity index (χ0n) is 11.4. The summed E-state index contributed by atoms with van der Waals surface area (Å²) in [6, 6.07) is 6.98. The molecule has 0 aliphatic carbocycles. The number of carbonyl (C=O) groups excluding carboxylic acids is 1. The van der Waals surface area contributed by atoms with Crippen LogP contribution in [0.3, 0.4) is 0 Å². The van der Waals surface area contributed by atoms with Gasteiger partial charge in [0.1, 0.15) is 5.75 Å². The molecule has 0 radical (unpaired) electrons. The average molecular weight is 263 g/mol. The quantitative estimate of drug-likeness (QED) is 0.583. The van der Waals surface area contributed by atoms with Crippen LogP contribution in [0.15, 0.2) is 24.3 Å². The summed E-state index contributed by atoms with van der Waals surface area (Å²) in [4.78, 5) is 14.2. The zero-order chi connectivity index (χ0) is 13.5. The third kappa shape index (κ3) is 4.24. The van der Waals surface area contributed by atoms with E-state index in [1.165, 1.54) is 25.9 Å². The highest BCUT2D eigenvalue weighted by Gasteiger charge is 2.11. The van der Waals surface area contributed by atoms with Crippen LogP contribution in [0.25, 0.3) is 0 Å². The van der Waals surface area contributed by atoms with Crippen LogP contribution < -0.4 is 4.74 Å². The lowest BCUT2D eigenvalue weighted by Crippen LogP contribution is -2.22. The van der Waals surface area contributed by atoms with E-state index in [2.05, 4.69) is 4.90 Å². The van der Waals surface area contributed by atoms with Gasteiger partial charge in [-0.1, -0.05) is 0 Å². The molecule has 1 saturated heterocycles. The first-order valence-electron chi connectivity index (χ1n) is 6.83. The first-order valence-corrected chi connectivity index (χ1v) is 6.83. The molecule has 1 aliphatic rings. The molecule has 0 aromatic heterocycles. The summed E-state index contributed by atoms with van der Waals surface area (Å²) in [6.45, 7) is 3.89. The molecule has 1 fully saturated rings. The zero-order valence-corrected chi connectivity index (χ0v) is 11.4. The van der Waals surface area contributed by atoms with Gasteiger partial charge in [-0.15, -0.1) is 0 Å². The minimum absolute atomic E-state index is 0.260. The predicted molar refractivity (Wildman–Crippen MR) is 73.6 cm³/mol. The van der Waals surface area contributed by atoms with Crippen LogP contribution in [0.2, 0.25) is 0 Å². The number of methoxy groups -OCH3 is 1. The largest absolute Gasteiger partial charge is 0.497 e. The van der Waals surface area contributed by atoms with Gasteiger partial charge in [-0.2, -0.15) is 0 Å². The van der Waals surface area contributed by atoms with Crippen LogP contribution in [0.4, 0.5) is 0 Å². The number of ether oxygens (including phenoxy) is 2. The molecule has 19 heavy (non-hydrogen) atoms. The molecule has 0 bridgehead atoms. The lowest BCUT2D eigenvalue weighted by Gasteiger charge is -2.14. The van der Waals surface area contributed by atoms with E-state index in [-0.39, 0.29) is 5.97 Å². The van der Waals surface area contributed by atoms with Gasteiger partial charge in [0.15, 0.2) is 0 Å². The summed E-state index contributed by atoms with van der Waals surface area (Å²) in [6.07, 6.45) is 3.50. The first-order chi connectivity index (χ1) is 9.29. The van der Waals surface area contributed by atoms with E-state index in [1.54, 1.807) is 31.4 Å². The Morgan fingerprint density at radius 3 is 2.53 bits per heavy atom. The molecule has 4 heteroatoms. The van der Waals surface area contributed by atoms with Crippen LogP contribution in [0.5, 0.6) is 5.75 Å². The Morgan fingerprint density at radius 2 is 1.89 bits per heavy atom. The van der Waals surface area contributed by atoms with Gasteiger partial charge >= 0.3 is 5.97 Å². The second-order valence-electron chi connectivity index (χ2n) is 4.77. The second-order valence-corrected chi connectivity index (χ2v) is 4.77. The molecule has 0 atom stereocenters. The molecular weight excluding hydrogens is 242 g/mol. The number of benzene rings is 1. The SMILES string of the molecule is COc1ccc(C(=O)OCCCN2CCCC2)cc1. The molecule has 4 nitrogen and oxygen atoms in total. The number of esters is 1. The van der Waals surface area contributed by atoms with Crippen LogP contribution in [0.1, 0.15) is 29.6 Å². The summed E-state index contributed by atoms with van der Waals surface area (Å²) < 4.78 is 10.3. The van der Waals surface area contributed by atoms with E-state index in [0.29, 0.717) is 12.2 Å². The monoisotopic (exact) mass is 263 g/mol.